The molecule has 10 nitrogen and oxygen atoms in total. The highest BCUT2D eigenvalue weighted by atomic mass is 32.2. The Hall–Kier alpha value is -4.38. The molecule has 192 valence electrons. The first-order valence-electron chi connectivity index (χ1n) is 10.5. The Morgan fingerprint density at radius 3 is 2.51 bits per heavy atom. The summed E-state index contributed by atoms with van der Waals surface area (Å²) in [5.41, 5.74) is -2.09. The average molecular weight is 533 g/mol. The number of benzene rings is 2. The molecule has 0 aliphatic carbocycles. The normalized spacial score (nSPS) is 15.8. The van der Waals surface area contributed by atoms with Gasteiger partial charge in [0.05, 0.1) is 34.8 Å². The van der Waals surface area contributed by atoms with Gasteiger partial charge in [-0.25, -0.2) is 27.7 Å². The maximum absolute atomic E-state index is 13.4. The predicted octanol–water partition coefficient (Wildman–Crippen LogP) is 3.05. The maximum atomic E-state index is 13.4. The third kappa shape index (κ3) is 4.38. The van der Waals surface area contributed by atoms with Crippen LogP contribution in [0, 0.1) is 11.3 Å². The number of hydrogen-bond acceptors (Lipinski definition) is 8. The van der Waals surface area contributed by atoms with Crippen LogP contribution >= 0.6 is 0 Å². The van der Waals surface area contributed by atoms with Crippen molar-refractivity contribution in [3.63, 3.8) is 0 Å². The Balaban J connectivity index is 2.09. The third-order valence-electron chi connectivity index (χ3n) is 5.82. The molecular weight excluding hydrogens is 515 g/mol. The van der Waals surface area contributed by atoms with E-state index in [9.17, 15) is 36.4 Å². The van der Waals surface area contributed by atoms with Crippen molar-refractivity contribution in [2.75, 3.05) is 18.3 Å². The van der Waals surface area contributed by atoms with E-state index in [-0.39, 0.29) is 38.9 Å². The van der Waals surface area contributed by atoms with Crippen LogP contribution in [-0.2, 0) is 25.5 Å². The van der Waals surface area contributed by atoms with Crippen molar-refractivity contribution in [1.82, 2.24) is 14.8 Å². The molecule has 0 bridgehead atoms. The van der Waals surface area contributed by atoms with Gasteiger partial charge in [-0.05, 0) is 42.8 Å². The zero-order chi connectivity index (χ0) is 27.3. The first kappa shape index (κ1) is 25.7. The van der Waals surface area contributed by atoms with Gasteiger partial charge in [0, 0.05) is 17.6 Å². The van der Waals surface area contributed by atoms with E-state index in [1.165, 1.54) is 30.0 Å². The second-order valence-electron chi connectivity index (χ2n) is 8.11. The lowest BCUT2D eigenvalue weighted by atomic mass is 9.93. The fourth-order valence-corrected chi connectivity index (χ4v) is 5.18. The van der Waals surface area contributed by atoms with Crippen LogP contribution in [0.25, 0.3) is 0 Å². The summed E-state index contributed by atoms with van der Waals surface area (Å²) < 4.78 is 71.5. The monoisotopic (exact) mass is 533 g/mol. The van der Waals surface area contributed by atoms with Crippen LogP contribution in [0.15, 0.2) is 63.4 Å². The Morgan fingerprint density at radius 2 is 1.92 bits per heavy atom. The molecule has 37 heavy (non-hydrogen) atoms. The summed E-state index contributed by atoms with van der Waals surface area (Å²) in [6.07, 6.45) is -3.77. The van der Waals surface area contributed by atoms with E-state index >= 15 is 0 Å². The van der Waals surface area contributed by atoms with E-state index in [2.05, 4.69) is 10.2 Å². The topological polar surface area (TPSA) is 138 Å². The molecule has 0 amide bonds. The molecule has 1 unspecified atom stereocenters. The Kier molecular flexibility index (Phi) is 6.20. The molecular formula is C23H18F3N5O5S. The van der Waals surface area contributed by atoms with Crippen molar-refractivity contribution in [1.29, 1.82) is 5.26 Å². The molecule has 4 rings (SSSR count). The van der Waals surface area contributed by atoms with Crippen LogP contribution in [0.1, 0.15) is 29.7 Å². The van der Waals surface area contributed by atoms with E-state index in [1.54, 1.807) is 0 Å². The minimum atomic E-state index is -4.67. The fourth-order valence-electron chi connectivity index (χ4n) is 4.23. The van der Waals surface area contributed by atoms with Crippen molar-refractivity contribution in [3.05, 3.63) is 80.9 Å². The lowest BCUT2D eigenvalue weighted by Crippen LogP contribution is -2.38. The van der Waals surface area contributed by atoms with E-state index < -0.39 is 39.3 Å². The average Bonchev–Trinajstić information content (AvgIpc) is 3.22. The third-order valence-corrected chi connectivity index (χ3v) is 6.97. The standard InChI is InChI=1S/C23H18F3N5O5S/c1-12-18(20(32)36-2)19(16-8-7-13(11-27)9-17(16)37(3,34)35)31-21(28-29-22(31)33)30(12)15-6-4-5-14(10-15)23(24,25)26/h4-10,19H,1-3H3,(H,29,33). The van der Waals surface area contributed by atoms with Crippen molar-refractivity contribution in [2.24, 2.45) is 0 Å². The Bertz CT molecular complexity index is 1660. The number of H-pyrrole nitrogens is 1. The van der Waals surface area contributed by atoms with Gasteiger partial charge in [0.2, 0.25) is 5.95 Å². The number of rotatable bonds is 4. The van der Waals surface area contributed by atoms with Gasteiger partial charge in [-0.3, -0.25) is 4.90 Å². The number of nitrogens with zero attached hydrogens (tertiary/aromatic N) is 4. The second-order valence-corrected chi connectivity index (χ2v) is 10.1. The molecule has 0 radical (unpaired) electrons. The van der Waals surface area contributed by atoms with Crippen molar-refractivity contribution >= 4 is 27.4 Å². The van der Waals surface area contributed by atoms with Gasteiger partial charge in [0.25, 0.3) is 0 Å². The van der Waals surface area contributed by atoms with Crippen LogP contribution in [0.3, 0.4) is 0 Å². The summed E-state index contributed by atoms with van der Waals surface area (Å²) in [4.78, 5) is 26.9. The zero-order valence-corrected chi connectivity index (χ0v) is 20.3. The second kappa shape index (κ2) is 8.93. The van der Waals surface area contributed by atoms with Crippen molar-refractivity contribution in [3.8, 4) is 6.07 Å². The Labute approximate surface area is 208 Å². The van der Waals surface area contributed by atoms with Gasteiger partial charge in [0.1, 0.15) is 6.04 Å². The minimum Gasteiger partial charge on any atom is -0.466 e. The molecule has 0 spiro atoms. The number of carbonyl (C=O) groups excluding carboxylic acids is 1. The Morgan fingerprint density at radius 1 is 1.22 bits per heavy atom. The van der Waals surface area contributed by atoms with E-state index in [1.807, 2.05) is 6.07 Å². The van der Waals surface area contributed by atoms with E-state index in [0.29, 0.717) is 0 Å². The van der Waals surface area contributed by atoms with Gasteiger partial charge in [-0.15, -0.1) is 5.10 Å². The number of esters is 1. The van der Waals surface area contributed by atoms with Crippen molar-refractivity contribution < 1.29 is 31.1 Å². The van der Waals surface area contributed by atoms with E-state index in [0.717, 1.165) is 42.2 Å². The first-order chi connectivity index (χ1) is 17.3. The molecule has 1 aliphatic rings. The summed E-state index contributed by atoms with van der Waals surface area (Å²) in [5.74, 6) is -1.15. The van der Waals surface area contributed by atoms with Gasteiger partial charge < -0.3 is 4.74 Å². The lowest BCUT2D eigenvalue weighted by molar-refractivity contribution is -0.138. The molecule has 1 atom stereocenters. The maximum Gasteiger partial charge on any atom is 0.416 e. The van der Waals surface area contributed by atoms with Gasteiger partial charge in [-0.2, -0.15) is 18.4 Å². The molecule has 0 saturated carbocycles. The molecule has 1 N–H and O–H groups in total. The number of aromatic nitrogens is 3. The van der Waals surface area contributed by atoms with Gasteiger partial charge in [0.15, 0.2) is 9.84 Å². The molecule has 3 aromatic rings. The number of ether oxygens (including phenoxy) is 1. The summed E-state index contributed by atoms with van der Waals surface area (Å²) >= 11 is 0. The number of nitriles is 1. The SMILES string of the molecule is COC(=O)C1=C(C)N(c2cccc(C(F)(F)F)c2)c2n[nH]c(=O)n2C1c1ccc(C#N)cc1S(C)(=O)=O. The van der Waals surface area contributed by atoms with Gasteiger partial charge >= 0.3 is 17.8 Å². The quantitative estimate of drug-likeness (QED) is 0.505. The number of aromatic amines is 1. The molecule has 0 fully saturated rings. The minimum absolute atomic E-state index is 0.0191. The van der Waals surface area contributed by atoms with Crippen LogP contribution < -0.4 is 10.6 Å². The van der Waals surface area contributed by atoms with Gasteiger partial charge in [-0.1, -0.05) is 12.1 Å². The summed E-state index contributed by atoms with van der Waals surface area (Å²) in [7, 11) is -2.92. The molecule has 1 aliphatic heterocycles. The number of carbonyl (C=O) groups is 1. The summed E-state index contributed by atoms with van der Waals surface area (Å²) in [6.45, 7) is 1.41. The number of nitrogens with one attached hydrogen (secondary N) is 1. The summed E-state index contributed by atoms with van der Waals surface area (Å²) in [6, 6.07) is 8.35. The summed E-state index contributed by atoms with van der Waals surface area (Å²) in [5, 5.41) is 15.4. The smallest absolute Gasteiger partial charge is 0.416 e. The molecule has 0 saturated heterocycles. The van der Waals surface area contributed by atoms with E-state index in [4.69, 9.17) is 4.74 Å². The largest absolute Gasteiger partial charge is 0.466 e. The van der Waals surface area contributed by atoms with Crippen LogP contribution in [0.4, 0.5) is 24.8 Å². The van der Waals surface area contributed by atoms with Crippen LogP contribution in [-0.4, -0.2) is 42.5 Å². The number of alkyl halides is 3. The van der Waals surface area contributed by atoms with Crippen molar-refractivity contribution in [2.45, 2.75) is 24.0 Å². The number of halogens is 3. The number of fused-ring (bicyclic) bond motifs is 1. The highest BCUT2D eigenvalue weighted by Gasteiger charge is 2.41. The number of methoxy groups -OCH3 is 1. The fraction of sp³-hybridized carbons (Fsp3) is 0.217. The lowest BCUT2D eigenvalue weighted by Gasteiger charge is -2.36. The zero-order valence-electron chi connectivity index (χ0n) is 19.5. The highest BCUT2D eigenvalue weighted by Crippen LogP contribution is 2.44. The number of anilines is 2. The predicted molar refractivity (Wildman–Crippen MR) is 124 cm³/mol. The molecule has 2 aromatic carbocycles. The molecule has 14 heteroatoms. The number of hydrogen-bond donors (Lipinski definition) is 1. The first-order valence-corrected chi connectivity index (χ1v) is 12.4. The highest BCUT2D eigenvalue weighted by molar-refractivity contribution is 7.90. The molecule has 1 aromatic heterocycles. The van der Waals surface area contributed by atoms with Crippen LogP contribution in [0.5, 0.6) is 0 Å². The molecule has 2 heterocycles. The number of allylic oxidation sites excluding steroid dienone is 1. The van der Waals surface area contributed by atoms with Crippen LogP contribution in [0.2, 0.25) is 0 Å². The number of sulfone groups is 1.